The van der Waals surface area contributed by atoms with Gasteiger partial charge in [0, 0.05) is 45.2 Å². The van der Waals surface area contributed by atoms with Gasteiger partial charge >= 0.3 is 0 Å². The molecule has 0 bridgehead atoms. The number of hydrogen-bond donors (Lipinski definition) is 1. The molecule has 9 nitrogen and oxygen atoms in total. The van der Waals surface area contributed by atoms with Crippen LogP contribution in [-0.4, -0.2) is 87.9 Å². The van der Waals surface area contributed by atoms with E-state index >= 15 is 0 Å². The quantitative estimate of drug-likeness (QED) is 0.720. The van der Waals surface area contributed by atoms with Gasteiger partial charge in [-0.15, -0.1) is 29.9 Å². The number of aromatic nitrogens is 4. The van der Waals surface area contributed by atoms with E-state index < -0.39 is 0 Å². The number of halogens is 2. The normalized spacial score (nSPS) is 19.9. The van der Waals surface area contributed by atoms with Crippen LogP contribution in [0.1, 0.15) is 12.2 Å². The van der Waals surface area contributed by atoms with Crippen LogP contribution in [0.2, 0.25) is 0 Å². The van der Waals surface area contributed by atoms with Gasteiger partial charge in [-0.05, 0) is 22.6 Å². The van der Waals surface area contributed by atoms with Gasteiger partial charge in [0.25, 0.3) is 0 Å². The number of rotatable bonds is 5. The van der Waals surface area contributed by atoms with Crippen molar-refractivity contribution < 1.29 is 9.53 Å². The van der Waals surface area contributed by atoms with E-state index in [9.17, 15) is 4.79 Å². The molecule has 11 heteroatoms. The molecule has 2 aliphatic heterocycles. The Morgan fingerprint density at radius 2 is 1.90 bits per heavy atom. The Kier molecular flexibility index (Phi) is 9.25. The first kappa shape index (κ1) is 23.5. The Labute approximate surface area is 182 Å². The molecule has 0 saturated carbocycles. The van der Waals surface area contributed by atoms with Crippen LogP contribution in [-0.2, 0) is 16.1 Å². The molecule has 3 heterocycles. The summed E-state index contributed by atoms with van der Waals surface area (Å²) in [7, 11) is 0. The summed E-state index contributed by atoms with van der Waals surface area (Å²) >= 11 is 0. The molecule has 2 aromatic rings. The zero-order chi connectivity index (χ0) is 18.5. The monoisotopic (exact) mass is 443 g/mol. The van der Waals surface area contributed by atoms with Gasteiger partial charge in [-0.2, -0.15) is 4.68 Å². The highest BCUT2D eigenvalue weighted by Gasteiger charge is 2.25. The van der Waals surface area contributed by atoms with E-state index in [0.29, 0.717) is 19.6 Å². The highest BCUT2D eigenvalue weighted by Crippen LogP contribution is 2.12. The van der Waals surface area contributed by atoms with E-state index in [0.717, 1.165) is 50.8 Å². The van der Waals surface area contributed by atoms with E-state index in [2.05, 4.69) is 25.7 Å². The lowest BCUT2D eigenvalue weighted by Crippen LogP contribution is -2.51. The Morgan fingerprint density at radius 3 is 2.59 bits per heavy atom. The molecule has 1 atom stereocenters. The fourth-order valence-electron chi connectivity index (χ4n) is 3.52. The molecule has 1 amide bonds. The second-order valence-electron chi connectivity index (χ2n) is 6.93. The summed E-state index contributed by atoms with van der Waals surface area (Å²) in [6.07, 6.45) is 0.506. The summed E-state index contributed by atoms with van der Waals surface area (Å²) in [5.74, 6) is 1.01. The molecule has 2 saturated heterocycles. The summed E-state index contributed by atoms with van der Waals surface area (Å²) < 4.78 is 7.20. The molecule has 0 radical (unpaired) electrons. The lowest BCUT2D eigenvalue weighted by atomic mass is 10.1. The van der Waals surface area contributed by atoms with Crippen LogP contribution < -0.4 is 5.32 Å². The zero-order valence-corrected chi connectivity index (χ0v) is 17.8. The van der Waals surface area contributed by atoms with Crippen LogP contribution in [0.5, 0.6) is 0 Å². The number of carbonyl (C=O) groups is 1. The number of amides is 1. The van der Waals surface area contributed by atoms with Gasteiger partial charge in [0.15, 0.2) is 5.82 Å². The van der Waals surface area contributed by atoms with Crippen molar-refractivity contribution >= 4 is 30.7 Å². The fourth-order valence-corrected chi connectivity index (χ4v) is 3.52. The van der Waals surface area contributed by atoms with E-state index in [1.165, 1.54) is 0 Å². The number of para-hydroxylation sites is 1. The minimum atomic E-state index is 0. The van der Waals surface area contributed by atoms with Crippen molar-refractivity contribution in [1.82, 2.24) is 35.3 Å². The summed E-state index contributed by atoms with van der Waals surface area (Å²) in [5.41, 5.74) is 0.952. The molecule has 0 spiro atoms. The highest BCUT2D eigenvalue weighted by molar-refractivity contribution is 5.85. The van der Waals surface area contributed by atoms with Crippen molar-refractivity contribution in [3.8, 4) is 5.69 Å². The molecular weight excluding hydrogens is 417 g/mol. The SMILES string of the molecule is Cl.Cl.O=C(CC1COCCN1)N1CCN(Cc2nnnn2-c2ccccc2)CC1. The number of nitrogens with one attached hydrogen (secondary N) is 1. The van der Waals surface area contributed by atoms with Crippen LogP contribution in [0.25, 0.3) is 5.69 Å². The van der Waals surface area contributed by atoms with Crippen molar-refractivity contribution in [3.63, 3.8) is 0 Å². The Morgan fingerprint density at radius 1 is 1.14 bits per heavy atom. The van der Waals surface area contributed by atoms with E-state index in [1.807, 2.05) is 35.2 Å². The van der Waals surface area contributed by atoms with Gasteiger partial charge in [0.05, 0.1) is 25.4 Å². The molecule has 1 N–H and O–H groups in total. The van der Waals surface area contributed by atoms with Crippen molar-refractivity contribution in [2.45, 2.75) is 19.0 Å². The van der Waals surface area contributed by atoms with Gasteiger partial charge < -0.3 is 15.0 Å². The number of tetrazole rings is 1. The molecule has 1 unspecified atom stereocenters. The number of hydrogen-bond acceptors (Lipinski definition) is 7. The van der Waals surface area contributed by atoms with Crippen LogP contribution in [0.4, 0.5) is 0 Å². The van der Waals surface area contributed by atoms with Crippen LogP contribution in [0.3, 0.4) is 0 Å². The Bertz CT molecular complexity index is 748. The van der Waals surface area contributed by atoms with E-state index in [4.69, 9.17) is 4.74 Å². The third kappa shape index (κ3) is 6.10. The predicted octanol–water partition coefficient (Wildman–Crippen LogP) is 0.529. The van der Waals surface area contributed by atoms with Gasteiger partial charge in [-0.25, -0.2) is 0 Å². The second kappa shape index (κ2) is 11.4. The molecule has 1 aromatic carbocycles. The molecule has 29 heavy (non-hydrogen) atoms. The number of carbonyl (C=O) groups excluding carboxylic acids is 1. The fraction of sp³-hybridized carbons (Fsp3) is 0.556. The molecule has 160 valence electrons. The smallest absolute Gasteiger partial charge is 0.224 e. The first-order valence-corrected chi connectivity index (χ1v) is 9.43. The largest absolute Gasteiger partial charge is 0.378 e. The third-order valence-corrected chi connectivity index (χ3v) is 5.04. The van der Waals surface area contributed by atoms with Crippen LogP contribution >= 0.6 is 24.8 Å². The van der Waals surface area contributed by atoms with Crippen molar-refractivity contribution in [2.24, 2.45) is 0 Å². The average Bonchev–Trinajstić information content (AvgIpc) is 3.18. The Hall–Kier alpha value is -1.78. The van der Waals surface area contributed by atoms with Gasteiger partial charge in [0.1, 0.15) is 0 Å². The average molecular weight is 444 g/mol. The van der Waals surface area contributed by atoms with Gasteiger partial charge in [0.2, 0.25) is 5.91 Å². The summed E-state index contributed by atoms with van der Waals surface area (Å²) in [6, 6.07) is 10.0. The molecule has 2 aliphatic rings. The molecular formula is C18H27Cl2N7O2. The molecule has 0 aliphatic carbocycles. The maximum Gasteiger partial charge on any atom is 0.224 e. The van der Waals surface area contributed by atoms with Gasteiger partial charge in [-0.3, -0.25) is 9.69 Å². The second-order valence-corrected chi connectivity index (χ2v) is 6.93. The van der Waals surface area contributed by atoms with Gasteiger partial charge in [-0.1, -0.05) is 18.2 Å². The van der Waals surface area contributed by atoms with Crippen molar-refractivity contribution in [3.05, 3.63) is 36.2 Å². The molecule has 1 aromatic heterocycles. The molecule has 4 rings (SSSR count). The first-order chi connectivity index (χ1) is 13.3. The van der Waals surface area contributed by atoms with E-state index in [1.54, 1.807) is 4.68 Å². The number of benzene rings is 1. The highest BCUT2D eigenvalue weighted by atomic mass is 35.5. The lowest BCUT2D eigenvalue weighted by Gasteiger charge is -2.35. The van der Waals surface area contributed by atoms with Crippen molar-refractivity contribution in [1.29, 1.82) is 0 Å². The van der Waals surface area contributed by atoms with Crippen molar-refractivity contribution in [2.75, 3.05) is 45.9 Å². The maximum atomic E-state index is 12.5. The summed E-state index contributed by atoms with van der Waals surface area (Å²) in [5, 5.41) is 15.4. The topological polar surface area (TPSA) is 88.4 Å². The minimum Gasteiger partial charge on any atom is -0.378 e. The minimum absolute atomic E-state index is 0. The molecule has 2 fully saturated rings. The number of morpholine rings is 1. The number of piperazine rings is 1. The summed E-state index contributed by atoms with van der Waals surface area (Å²) in [6.45, 7) is 5.95. The Balaban J connectivity index is 0.00000150. The van der Waals surface area contributed by atoms with E-state index in [-0.39, 0.29) is 36.8 Å². The zero-order valence-electron chi connectivity index (χ0n) is 16.1. The number of ether oxygens (including phenoxy) is 1. The predicted molar refractivity (Wildman–Crippen MR) is 113 cm³/mol. The summed E-state index contributed by atoms with van der Waals surface area (Å²) in [4.78, 5) is 16.7. The standard InChI is InChI=1S/C18H25N7O2.2ClH/c26-18(12-15-14-27-11-6-19-15)24-9-7-23(8-10-24)13-17-20-21-22-25(17)16-4-2-1-3-5-16;;/h1-5,15,19H,6-14H2;2*1H. The first-order valence-electron chi connectivity index (χ1n) is 9.43. The third-order valence-electron chi connectivity index (χ3n) is 5.04. The van der Waals surface area contributed by atoms with Crippen LogP contribution in [0.15, 0.2) is 30.3 Å². The lowest BCUT2D eigenvalue weighted by molar-refractivity contribution is -0.134. The maximum absolute atomic E-state index is 12.5. The van der Waals surface area contributed by atoms with Crippen LogP contribution in [0, 0.1) is 0 Å². The number of nitrogens with zero attached hydrogens (tertiary/aromatic N) is 6.